The second kappa shape index (κ2) is 68.1. The molecule has 0 aliphatic heterocycles. The molecule has 1 unspecified atom stereocenters. The lowest BCUT2D eigenvalue weighted by Crippen LogP contribution is -2.30. The Bertz CT molecular complexity index is 1720. The highest BCUT2D eigenvalue weighted by molar-refractivity contribution is 5.71. The molecule has 0 aromatic carbocycles. The third kappa shape index (κ3) is 66.2. The molecule has 6 heteroatoms. The Balaban J connectivity index is 4.35. The molecule has 0 rings (SSSR count). The van der Waals surface area contributed by atoms with Crippen molar-refractivity contribution in [3.05, 3.63) is 134 Å². The van der Waals surface area contributed by atoms with Crippen molar-refractivity contribution in [2.75, 3.05) is 13.2 Å². The van der Waals surface area contributed by atoms with Gasteiger partial charge >= 0.3 is 17.9 Å². The maximum absolute atomic E-state index is 12.9. The van der Waals surface area contributed by atoms with Crippen LogP contribution in [0.15, 0.2) is 134 Å². The van der Waals surface area contributed by atoms with Gasteiger partial charge in [0, 0.05) is 19.3 Å². The Morgan fingerprint density at radius 3 is 0.790 bits per heavy atom. The standard InChI is InChI=1S/C75H124O6/c1-4-7-10-13-16-19-22-24-26-28-30-31-32-33-34-35-36-37-38-39-40-41-42-43-45-46-48-50-53-56-59-62-65-68-74(77)80-71-72(70-79-73(76)67-64-61-58-55-52-21-18-15-12-9-6-3)81-75(78)69-66-63-60-57-54-51-49-47-44-29-27-25-23-20-17-14-11-8-5-2/h7,10,16,19,24-27,30-31,33-34,36-37,39-40,42-43,46,48,53,56,72H,4-6,8-9,11-15,17-18,20-23,28-29,32,35,38,41,44-45,47,49-52,54-55,57-71H2,1-3H3/b10-7-,19-16-,26-24-,27-25-,31-30-,34-33-,37-36-,40-39-,43-42-,48-46-,56-53-. The molecular formula is C75H124O6. The second-order valence-corrected chi connectivity index (χ2v) is 22.0. The van der Waals surface area contributed by atoms with E-state index in [-0.39, 0.29) is 31.1 Å². The summed E-state index contributed by atoms with van der Waals surface area (Å²) < 4.78 is 16.9. The highest BCUT2D eigenvalue weighted by Gasteiger charge is 2.19. The van der Waals surface area contributed by atoms with Gasteiger partial charge in [-0.05, 0) is 122 Å². The minimum absolute atomic E-state index is 0.0927. The van der Waals surface area contributed by atoms with Crippen LogP contribution < -0.4 is 0 Å². The number of rotatable bonds is 60. The lowest BCUT2D eigenvalue weighted by atomic mass is 10.1. The van der Waals surface area contributed by atoms with E-state index in [4.69, 9.17) is 14.2 Å². The van der Waals surface area contributed by atoms with Crippen molar-refractivity contribution in [2.45, 2.75) is 309 Å². The molecule has 1 atom stereocenters. The molecule has 0 amide bonds. The molecule has 0 bridgehead atoms. The minimum atomic E-state index is -0.800. The third-order valence-corrected chi connectivity index (χ3v) is 14.1. The van der Waals surface area contributed by atoms with E-state index in [0.717, 1.165) is 122 Å². The monoisotopic (exact) mass is 1120 g/mol. The predicted molar refractivity (Wildman–Crippen MR) is 353 cm³/mol. The van der Waals surface area contributed by atoms with Crippen molar-refractivity contribution in [3.8, 4) is 0 Å². The SMILES string of the molecule is CC/C=C\C/C=C\C/C=C\C/C=C\C/C=C\C/C=C\C/C=C\C/C=C\C/C=C\C/C=C\CCCCC(=O)OCC(COC(=O)CCCCCCCCCCCCC)OC(=O)CCCCCCCCCCC/C=C\CCCCCCCC. The van der Waals surface area contributed by atoms with Crippen molar-refractivity contribution in [1.82, 2.24) is 0 Å². The molecule has 0 aromatic heterocycles. The molecule has 0 N–H and O–H groups in total. The summed E-state index contributed by atoms with van der Waals surface area (Å²) in [4.78, 5) is 38.3. The highest BCUT2D eigenvalue weighted by Crippen LogP contribution is 2.16. The van der Waals surface area contributed by atoms with Crippen LogP contribution in [-0.2, 0) is 28.6 Å². The number of esters is 3. The van der Waals surface area contributed by atoms with Crippen LogP contribution >= 0.6 is 0 Å². The maximum atomic E-state index is 12.9. The molecule has 0 spiro atoms. The van der Waals surface area contributed by atoms with Crippen LogP contribution in [0.3, 0.4) is 0 Å². The van der Waals surface area contributed by atoms with E-state index in [1.165, 1.54) is 141 Å². The van der Waals surface area contributed by atoms with Gasteiger partial charge in [0.1, 0.15) is 13.2 Å². The van der Waals surface area contributed by atoms with Gasteiger partial charge in [0.15, 0.2) is 6.10 Å². The molecule has 0 aliphatic rings. The van der Waals surface area contributed by atoms with Crippen LogP contribution in [0, 0.1) is 0 Å². The molecule has 0 fully saturated rings. The van der Waals surface area contributed by atoms with Gasteiger partial charge in [-0.3, -0.25) is 14.4 Å². The molecule has 0 saturated carbocycles. The Morgan fingerprint density at radius 2 is 0.481 bits per heavy atom. The van der Waals surface area contributed by atoms with E-state index < -0.39 is 6.10 Å². The average Bonchev–Trinajstić information content (AvgIpc) is 3.47. The van der Waals surface area contributed by atoms with Crippen molar-refractivity contribution >= 4 is 17.9 Å². The zero-order valence-corrected chi connectivity index (χ0v) is 52.8. The van der Waals surface area contributed by atoms with E-state index in [1.807, 2.05) is 0 Å². The maximum Gasteiger partial charge on any atom is 0.306 e. The molecule has 0 aliphatic carbocycles. The summed E-state index contributed by atoms with van der Waals surface area (Å²) in [5.41, 5.74) is 0. The largest absolute Gasteiger partial charge is 0.462 e. The van der Waals surface area contributed by atoms with Crippen LogP contribution in [0.2, 0.25) is 0 Å². The summed E-state index contributed by atoms with van der Waals surface area (Å²) in [5, 5.41) is 0. The Kier molecular flexibility index (Phi) is 64.3. The summed E-state index contributed by atoms with van der Waals surface area (Å²) in [7, 11) is 0. The fourth-order valence-electron chi connectivity index (χ4n) is 9.11. The van der Waals surface area contributed by atoms with E-state index in [9.17, 15) is 14.4 Å². The van der Waals surface area contributed by atoms with Crippen LogP contribution in [0.4, 0.5) is 0 Å². The Hall–Kier alpha value is -4.45. The van der Waals surface area contributed by atoms with E-state index in [2.05, 4.69) is 154 Å². The molecule has 81 heavy (non-hydrogen) atoms. The van der Waals surface area contributed by atoms with E-state index in [1.54, 1.807) is 0 Å². The summed E-state index contributed by atoms with van der Waals surface area (Å²) in [6, 6.07) is 0. The number of carbonyl (C=O) groups excluding carboxylic acids is 3. The lowest BCUT2D eigenvalue weighted by Gasteiger charge is -2.18. The number of hydrogen-bond acceptors (Lipinski definition) is 6. The number of ether oxygens (including phenoxy) is 3. The van der Waals surface area contributed by atoms with Crippen LogP contribution in [0.1, 0.15) is 303 Å². The third-order valence-electron chi connectivity index (χ3n) is 14.1. The first kappa shape index (κ1) is 76.5. The number of allylic oxidation sites excluding steroid dienone is 22. The van der Waals surface area contributed by atoms with Gasteiger partial charge in [-0.1, -0.05) is 296 Å². The van der Waals surface area contributed by atoms with Crippen molar-refractivity contribution < 1.29 is 28.6 Å². The lowest BCUT2D eigenvalue weighted by molar-refractivity contribution is -0.167. The van der Waals surface area contributed by atoms with Gasteiger partial charge < -0.3 is 14.2 Å². The minimum Gasteiger partial charge on any atom is -0.462 e. The molecule has 0 aromatic rings. The van der Waals surface area contributed by atoms with Crippen molar-refractivity contribution in [1.29, 1.82) is 0 Å². The summed E-state index contributed by atoms with van der Waals surface area (Å²) in [6.07, 6.45) is 96.1. The van der Waals surface area contributed by atoms with Gasteiger partial charge in [0.25, 0.3) is 0 Å². The zero-order valence-electron chi connectivity index (χ0n) is 52.8. The first-order valence-electron chi connectivity index (χ1n) is 33.7. The fraction of sp³-hybridized carbons (Fsp3) is 0.667. The van der Waals surface area contributed by atoms with E-state index in [0.29, 0.717) is 19.3 Å². The van der Waals surface area contributed by atoms with Gasteiger partial charge in [0.2, 0.25) is 0 Å². The highest BCUT2D eigenvalue weighted by atomic mass is 16.6. The number of unbranched alkanes of at least 4 members (excludes halogenated alkanes) is 27. The molecule has 0 saturated heterocycles. The Labute approximate surface area is 500 Å². The van der Waals surface area contributed by atoms with Gasteiger partial charge in [-0.2, -0.15) is 0 Å². The molecular weight excluding hydrogens is 997 g/mol. The van der Waals surface area contributed by atoms with Crippen molar-refractivity contribution in [3.63, 3.8) is 0 Å². The van der Waals surface area contributed by atoms with Crippen LogP contribution in [-0.4, -0.2) is 37.2 Å². The topological polar surface area (TPSA) is 78.9 Å². The predicted octanol–water partition coefficient (Wildman–Crippen LogP) is 23.3. The summed E-state index contributed by atoms with van der Waals surface area (Å²) >= 11 is 0. The first-order valence-corrected chi connectivity index (χ1v) is 33.7. The molecule has 0 heterocycles. The van der Waals surface area contributed by atoms with Crippen LogP contribution in [0.25, 0.3) is 0 Å². The van der Waals surface area contributed by atoms with Gasteiger partial charge in [-0.15, -0.1) is 0 Å². The zero-order chi connectivity index (χ0) is 58.5. The van der Waals surface area contributed by atoms with E-state index >= 15 is 0 Å². The van der Waals surface area contributed by atoms with Crippen LogP contribution in [0.5, 0.6) is 0 Å². The molecule has 0 radical (unpaired) electrons. The normalized spacial score (nSPS) is 13.0. The molecule has 460 valence electrons. The Morgan fingerprint density at radius 1 is 0.259 bits per heavy atom. The smallest absolute Gasteiger partial charge is 0.306 e. The fourth-order valence-corrected chi connectivity index (χ4v) is 9.11. The number of hydrogen-bond donors (Lipinski definition) is 0. The summed E-state index contributed by atoms with van der Waals surface area (Å²) in [5.74, 6) is -0.936. The average molecular weight is 1120 g/mol. The second-order valence-electron chi connectivity index (χ2n) is 22.0. The molecule has 6 nitrogen and oxygen atoms in total. The van der Waals surface area contributed by atoms with Crippen molar-refractivity contribution in [2.24, 2.45) is 0 Å². The van der Waals surface area contributed by atoms with Gasteiger partial charge in [0.05, 0.1) is 0 Å². The first-order chi connectivity index (χ1) is 40.0. The summed E-state index contributed by atoms with van der Waals surface area (Å²) in [6.45, 7) is 6.49. The van der Waals surface area contributed by atoms with Gasteiger partial charge in [-0.25, -0.2) is 0 Å². The quantitative estimate of drug-likeness (QED) is 0.0261. The number of carbonyl (C=O) groups is 3.